The summed E-state index contributed by atoms with van der Waals surface area (Å²) < 4.78 is 0. The average Bonchev–Trinajstić information content (AvgIpc) is 3.06. The van der Waals surface area contributed by atoms with Gasteiger partial charge in [-0.25, -0.2) is 0 Å². The van der Waals surface area contributed by atoms with Crippen LogP contribution in [0.15, 0.2) is 109 Å². The lowest BCUT2D eigenvalue weighted by molar-refractivity contribution is 0.713. The van der Waals surface area contributed by atoms with Crippen molar-refractivity contribution in [2.75, 3.05) is 11.5 Å². The molecule has 0 heterocycles. The summed E-state index contributed by atoms with van der Waals surface area (Å²) >= 11 is 0. The molecule has 0 unspecified atom stereocenters. The van der Waals surface area contributed by atoms with E-state index in [2.05, 4.69) is 98.8 Å². The molecule has 0 fully saturated rings. The molecule has 5 aromatic rings. The molecule has 0 radical (unpaired) electrons. The van der Waals surface area contributed by atoms with Crippen LogP contribution in [-0.4, -0.2) is 0 Å². The molecule has 0 atom stereocenters. The van der Waals surface area contributed by atoms with E-state index in [-0.39, 0.29) is 0 Å². The van der Waals surface area contributed by atoms with Crippen molar-refractivity contribution in [1.82, 2.24) is 0 Å². The van der Waals surface area contributed by atoms with E-state index in [4.69, 9.17) is 11.5 Å². The summed E-state index contributed by atoms with van der Waals surface area (Å²) in [5, 5.41) is 0. The highest BCUT2D eigenvalue weighted by atomic mass is 14.5. The summed E-state index contributed by atoms with van der Waals surface area (Å²) in [6, 6.07) is 40.2. The number of anilines is 2. The van der Waals surface area contributed by atoms with Gasteiger partial charge in [0.05, 0.1) is 0 Å². The second kappa shape index (κ2) is 16.9. The minimum absolute atomic E-state index is 0.815. The topological polar surface area (TPSA) is 52.0 Å². The highest BCUT2D eigenvalue weighted by Gasteiger charge is 2.10. The van der Waals surface area contributed by atoms with Crippen molar-refractivity contribution < 1.29 is 0 Å². The summed E-state index contributed by atoms with van der Waals surface area (Å²) in [7, 11) is 0. The Labute approximate surface area is 277 Å². The Kier molecular flexibility index (Phi) is 12.1. The van der Waals surface area contributed by atoms with E-state index < -0.39 is 0 Å². The molecule has 4 N–H and O–H groups in total. The predicted molar refractivity (Wildman–Crippen MR) is 199 cm³/mol. The smallest absolute Gasteiger partial charge is 0.0314 e. The number of hydrogen-bond acceptors (Lipinski definition) is 2. The summed E-state index contributed by atoms with van der Waals surface area (Å²) in [5.41, 5.74) is 27.5. The molecule has 5 rings (SSSR count). The third-order valence-electron chi connectivity index (χ3n) is 9.23. The van der Waals surface area contributed by atoms with Gasteiger partial charge in [-0.3, -0.25) is 0 Å². The molecule has 0 saturated heterocycles. The molecule has 0 spiro atoms. The number of rotatable bonds is 16. The van der Waals surface area contributed by atoms with Gasteiger partial charge in [0.2, 0.25) is 0 Å². The van der Waals surface area contributed by atoms with Crippen molar-refractivity contribution in [2.45, 2.75) is 90.9 Å². The fraction of sp³-hybridized carbons (Fsp3) is 0.318. The Bertz CT molecular complexity index is 1650. The molecule has 0 bridgehead atoms. The number of nitrogen functional groups attached to an aromatic ring is 2. The highest BCUT2D eigenvalue weighted by Crippen LogP contribution is 2.25. The van der Waals surface area contributed by atoms with E-state index in [0.717, 1.165) is 49.9 Å². The molecule has 238 valence electrons. The lowest BCUT2D eigenvalue weighted by Gasteiger charge is -2.15. The van der Waals surface area contributed by atoms with Gasteiger partial charge >= 0.3 is 0 Å². The van der Waals surface area contributed by atoms with Crippen LogP contribution in [0.2, 0.25) is 0 Å². The van der Waals surface area contributed by atoms with Gasteiger partial charge in [-0.15, -0.1) is 0 Å². The van der Waals surface area contributed by atoms with E-state index in [1.165, 1.54) is 94.2 Å². The summed E-state index contributed by atoms with van der Waals surface area (Å²) in [6.45, 7) is 4.57. The minimum atomic E-state index is 0.815. The molecular weight excluding hydrogens is 556 g/mol. The number of nitrogens with two attached hydrogens (primary N) is 2. The third-order valence-corrected chi connectivity index (χ3v) is 9.23. The number of unbranched alkanes of at least 4 members (excludes halogenated alkanes) is 4. The van der Waals surface area contributed by atoms with Crippen molar-refractivity contribution in [1.29, 1.82) is 0 Å². The molecule has 0 aromatic heterocycles. The lowest BCUT2D eigenvalue weighted by Crippen LogP contribution is -2.01. The molecule has 0 saturated carbocycles. The maximum atomic E-state index is 5.95. The van der Waals surface area contributed by atoms with Gasteiger partial charge in [-0.2, -0.15) is 0 Å². The molecule has 2 nitrogen and oxygen atoms in total. The van der Waals surface area contributed by atoms with Gasteiger partial charge in [0.1, 0.15) is 0 Å². The summed E-state index contributed by atoms with van der Waals surface area (Å²) in [6.07, 6.45) is 13.7. The molecule has 0 aliphatic carbocycles. The molecule has 0 amide bonds. The molecule has 0 aliphatic heterocycles. The van der Waals surface area contributed by atoms with Gasteiger partial charge in [0.25, 0.3) is 0 Å². The monoisotopic (exact) mass is 608 g/mol. The van der Waals surface area contributed by atoms with Crippen molar-refractivity contribution in [3.63, 3.8) is 0 Å². The Morgan fingerprint density at radius 2 is 0.674 bits per heavy atom. The zero-order valence-electron chi connectivity index (χ0n) is 28.0. The van der Waals surface area contributed by atoms with Crippen molar-refractivity contribution in [2.24, 2.45) is 0 Å². The number of benzene rings is 5. The van der Waals surface area contributed by atoms with Gasteiger partial charge in [0, 0.05) is 11.4 Å². The molecule has 2 heteroatoms. The first-order chi connectivity index (χ1) is 22.5. The molecular formula is C44H52N2. The van der Waals surface area contributed by atoms with Crippen LogP contribution >= 0.6 is 0 Å². The van der Waals surface area contributed by atoms with Gasteiger partial charge in [-0.05, 0) is 131 Å². The number of hydrogen-bond donors (Lipinski definition) is 2. The predicted octanol–water partition coefficient (Wildman–Crippen LogP) is 10.7. The first kappa shape index (κ1) is 33.1. The van der Waals surface area contributed by atoms with Crippen molar-refractivity contribution >= 4 is 11.4 Å². The van der Waals surface area contributed by atoms with E-state index in [9.17, 15) is 0 Å². The Morgan fingerprint density at radius 3 is 1.07 bits per heavy atom. The van der Waals surface area contributed by atoms with Crippen LogP contribution in [0.25, 0.3) is 0 Å². The van der Waals surface area contributed by atoms with E-state index in [1.54, 1.807) is 0 Å². The molecule has 0 aliphatic rings. The molecule has 5 aromatic carbocycles. The first-order valence-corrected chi connectivity index (χ1v) is 17.5. The van der Waals surface area contributed by atoms with Crippen LogP contribution in [0, 0.1) is 0 Å². The van der Waals surface area contributed by atoms with E-state index in [1.807, 2.05) is 24.3 Å². The van der Waals surface area contributed by atoms with Crippen LogP contribution in [0.5, 0.6) is 0 Å². The third kappa shape index (κ3) is 9.85. The SMILES string of the molecule is CCCCCc1cc(Cc2ccc(Cc3ccc(Cc4ccc(N)cc4)cc3)c(CCCCC)c2)ccc1Cc1ccc(N)cc1. The van der Waals surface area contributed by atoms with Gasteiger partial charge < -0.3 is 11.5 Å². The van der Waals surface area contributed by atoms with Crippen molar-refractivity contribution in [3.8, 4) is 0 Å². The summed E-state index contributed by atoms with van der Waals surface area (Å²) in [5.74, 6) is 0. The van der Waals surface area contributed by atoms with Crippen LogP contribution < -0.4 is 11.5 Å². The number of aryl methyl sites for hydroxylation is 2. The van der Waals surface area contributed by atoms with Crippen LogP contribution in [0.4, 0.5) is 11.4 Å². The maximum absolute atomic E-state index is 5.95. The van der Waals surface area contributed by atoms with Gasteiger partial charge in [-0.1, -0.05) is 124 Å². The molecule has 46 heavy (non-hydrogen) atoms. The second-order valence-corrected chi connectivity index (χ2v) is 13.1. The Balaban J connectivity index is 1.31. The zero-order chi connectivity index (χ0) is 32.1. The standard InChI is InChI=1S/C44H52N2/c1-3-5-7-9-39-31-37(15-21-41(39)29-35-13-11-33(12-14-35)27-34-17-23-43(45)24-18-34)28-38-16-22-42(40(32-38)10-8-6-4-2)30-36-19-25-44(46)26-20-36/h11-26,31-32H,3-10,27-30,45-46H2,1-2H3. The fourth-order valence-electron chi connectivity index (χ4n) is 6.48. The lowest BCUT2D eigenvalue weighted by atomic mass is 9.90. The zero-order valence-corrected chi connectivity index (χ0v) is 28.0. The van der Waals surface area contributed by atoms with Crippen LogP contribution in [0.1, 0.15) is 108 Å². The van der Waals surface area contributed by atoms with E-state index in [0.29, 0.717) is 0 Å². The van der Waals surface area contributed by atoms with Gasteiger partial charge in [0.15, 0.2) is 0 Å². The van der Waals surface area contributed by atoms with Crippen molar-refractivity contribution in [3.05, 3.63) is 165 Å². The average molecular weight is 609 g/mol. The largest absolute Gasteiger partial charge is 0.399 e. The normalized spacial score (nSPS) is 11.2. The quantitative estimate of drug-likeness (QED) is 0.0865. The minimum Gasteiger partial charge on any atom is -0.399 e. The highest BCUT2D eigenvalue weighted by molar-refractivity contribution is 5.44. The fourth-order valence-corrected chi connectivity index (χ4v) is 6.48. The first-order valence-electron chi connectivity index (χ1n) is 17.5. The Morgan fingerprint density at radius 1 is 0.348 bits per heavy atom. The maximum Gasteiger partial charge on any atom is 0.0314 e. The van der Waals surface area contributed by atoms with Crippen LogP contribution in [-0.2, 0) is 38.5 Å². The van der Waals surface area contributed by atoms with Crippen LogP contribution in [0.3, 0.4) is 0 Å². The van der Waals surface area contributed by atoms with E-state index >= 15 is 0 Å². The second-order valence-electron chi connectivity index (χ2n) is 13.1. The Hall–Kier alpha value is -4.30. The summed E-state index contributed by atoms with van der Waals surface area (Å²) in [4.78, 5) is 0.